The summed E-state index contributed by atoms with van der Waals surface area (Å²) in [5.41, 5.74) is 7.41. The molecule has 0 aliphatic heterocycles. The SMILES string of the molecule is CCN(c1cc(F)cc(CCN)c1)c1ccccc1F. The Bertz CT molecular complexity index is 584. The smallest absolute Gasteiger partial charge is 0.146 e. The number of benzene rings is 2. The Labute approximate surface area is 117 Å². The fourth-order valence-electron chi connectivity index (χ4n) is 2.26. The van der Waals surface area contributed by atoms with E-state index in [9.17, 15) is 8.78 Å². The molecule has 0 fully saturated rings. The Morgan fingerprint density at radius 3 is 2.50 bits per heavy atom. The lowest BCUT2D eigenvalue weighted by Gasteiger charge is -2.24. The fraction of sp³-hybridized carbons (Fsp3) is 0.250. The molecule has 0 aliphatic carbocycles. The zero-order chi connectivity index (χ0) is 14.5. The van der Waals surface area contributed by atoms with Gasteiger partial charge in [-0.05, 0) is 55.8 Å². The third-order valence-corrected chi connectivity index (χ3v) is 3.15. The first-order chi connectivity index (χ1) is 9.65. The van der Waals surface area contributed by atoms with Crippen LogP contribution in [0.1, 0.15) is 12.5 Å². The molecule has 20 heavy (non-hydrogen) atoms. The molecule has 2 rings (SSSR count). The molecule has 0 atom stereocenters. The number of hydrogen-bond donors (Lipinski definition) is 1. The number of rotatable bonds is 5. The van der Waals surface area contributed by atoms with Crippen LogP contribution in [0.4, 0.5) is 20.2 Å². The van der Waals surface area contributed by atoms with E-state index in [2.05, 4.69) is 0 Å². The van der Waals surface area contributed by atoms with Crippen molar-refractivity contribution in [3.05, 3.63) is 59.7 Å². The van der Waals surface area contributed by atoms with Gasteiger partial charge in [0, 0.05) is 12.2 Å². The largest absolute Gasteiger partial charge is 0.339 e. The van der Waals surface area contributed by atoms with Gasteiger partial charge in [-0.25, -0.2) is 8.78 Å². The summed E-state index contributed by atoms with van der Waals surface area (Å²) in [6, 6.07) is 11.2. The van der Waals surface area contributed by atoms with Crippen molar-refractivity contribution >= 4 is 11.4 Å². The van der Waals surface area contributed by atoms with Gasteiger partial charge >= 0.3 is 0 Å². The number of anilines is 2. The van der Waals surface area contributed by atoms with Crippen molar-refractivity contribution in [2.24, 2.45) is 5.73 Å². The fourth-order valence-corrected chi connectivity index (χ4v) is 2.26. The van der Waals surface area contributed by atoms with Crippen LogP contribution in [0.15, 0.2) is 42.5 Å². The Kier molecular flexibility index (Phi) is 4.69. The molecule has 0 unspecified atom stereocenters. The van der Waals surface area contributed by atoms with E-state index in [1.165, 1.54) is 18.2 Å². The second-order valence-electron chi connectivity index (χ2n) is 4.55. The van der Waals surface area contributed by atoms with E-state index in [1.54, 1.807) is 23.1 Å². The molecule has 0 amide bonds. The first kappa shape index (κ1) is 14.5. The lowest BCUT2D eigenvalue weighted by atomic mass is 10.1. The van der Waals surface area contributed by atoms with Crippen LogP contribution in [0.25, 0.3) is 0 Å². The molecule has 106 valence electrons. The van der Waals surface area contributed by atoms with E-state index in [1.807, 2.05) is 13.0 Å². The van der Waals surface area contributed by atoms with Crippen molar-refractivity contribution in [3.8, 4) is 0 Å². The predicted molar refractivity (Wildman–Crippen MR) is 78.2 cm³/mol. The van der Waals surface area contributed by atoms with Crippen molar-refractivity contribution in [3.63, 3.8) is 0 Å². The maximum absolute atomic E-state index is 13.9. The molecule has 0 aromatic heterocycles. The van der Waals surface area contributed by atoms with Gasteiger partial charge in [0.2, 0.25) is 0 Å². The Morgan fingerprint density at radius 2 is 1.85 bits per heavy atom. The summed E-state index contributed by atoms with van der Waals surface area (Å²) in [4.78, 5) is 1.75. The van der Waals surface area contributed by atoms with Gasteiger partial charge in [-0.15, -0.1) is 0 Å². The molecular formula is C16H18F2N2. The van der Waals surface area contributed by atoms with Gasteiger partial charge in [-0.1, -0.05) is 12.1 Å². The number of halogens is 2. The Hall–Kier alpha value is -1.94. The number of hydrogen-bond acceptors (Lipinski definition) is 2. The maximum atomic E-state index is 13.9. The maximum Gasteiger partial charge on any atom is 0.146 e. The summed E-state index contributed by atoms with van der Waals surface area (Å²) < 4.78 is 27.6. The molecule has 2 aromatic rings. The van der Waals surface area contributed by atoms with Gasteiger partial charge in [0.25, 0.3) is 0 Å². The zero-order valence-electron chi connectivity index (χ0n) is 11.4. The van der Waals surface area contributed by atoms with E-state index in [4.69, 9.17) is 5.73 Å². The van der Waals surface area contributed by atoms with Crippen LogP contribution in [0.2, 0.25) is 0 Å². The minimum atomic E-state index is -0.333. The molecule has 2 aromatic carbocycles. The Morgan fingerprint density at radius 1 is 1.10 bits per heavy atom. The van der Waals surface area contributed by atoms with Gasteiger partial charge in [-0.2, -0.15) is 0 Å². The lowest BCUT2D eigenvalue weighted by Crippen LogP contribution is -2.18. The number of nitrogens with two attached hydrogens (primary N) is 1. The standard InChI is InChI=1S/C16H18F2N2/c1-2-20(16-6-4-3-5-15(16)18)14-10-12(7-8-19)9-13(17)11-14/h3-6,9-11H,2,7-8,19H2,1H3. The minimum absolute atomic E-state index is 0.320. The highest BCUT2D eigenvalue weighted by molar-refractivity contribution is 5.64. The second-order valence-corrected chi connectivity index (χ2v) is 4.55. The third-order valence-electron chi connectivity index (χ3n) is 3.15. The van der Waals surface area contributed by atoms with Gasteiger partial charge < -0.3 is 10.6 Å². The van der Waals surface area contributed by atoms with E-state index in [0.717, 1.165) is 5.56 Å². The van der Waals surface area contributed by atoms with Crippen molar-refractivity contribution in [2.45, 2.75) is 13.3 Å². The van der Waals surface area contributed by atoms with E-state index in [0.29, 0.717) is 30.9 Å². The topological polar surface area (TPSA) is 29.3 Å². The van der Waals surface area contributed by atoms with Crippen LogP contribution in [0.3, 0.4) is 0 Å². The molecule has 0 spiro atoms. The Balaban J connectivity index is 2.44. The summed E-state index contributed by atoms with van der Waals surface area (Å²) >= 11 is 0. The van der Waals surface area contributed by atoms with Crippen LogP contribution >= 0.6 is 0 Å². The first-order valence-electron chi connectivity index (χ1n) is 6.67. The summed E-state index contributed by atoms with van der Waals surface area (Å²) in [6.07, 6.45) is 0.597. The molecule has 2 N–H and O–H groups in total. The predicted octanol–water partition coefficient (Wildman–Crippen LogP) is 3.62. The quantitative estimate of drug-likeness (QED) is 0.903. The number of nitrogens with zero attached hydrogens (tertiary/aromatic N) is 1. The molecular weight excluding hydrogens is 258 g/mol. The number of para-hydroxylation sites is 1. The summed E-state index contributed by atoms with van der Waals surface area (Å²) in [7, 11) is 0. The van der Waals surface area contributed by atoms with E-state index >= 15 is 0 Å². The third kappa shape index (κ3) is 3.14. The second kappa shape index (κ2) is 6.48. The average Bonchev–Trinajstić information content (AvgIpc) is 2.41. The van der Waals surface area contributed by atoms with Crippen LogP contribution in [0, 0.1) is 11.6 Å². The lowest BCUT2D eigenvalue weighted by molar-refractivity contribution is 0.620. The van der Waals surface area contributed by atoms with Crippen LogP contribution in [0.5, 0.6) is 0 Å². The van der Waals surface area contributed by atoms with Crippen molar-refractivity contribution < 1.29 is 8.78 Å². The monoisotopic (exact) mass is 276 g/mol. The molecule has 0 saturated heterocycles. The molecule has 2 nitrogen and oxygen atoms in total. The van der Waals surface area contributed by atoms with Crippen molar-refractivity contribution in [1.82, 2.24) is 0 Å². The zero-order valence-corrected chi connectivity index (χ0v) is 11.4. The van der Waals surface area contributed by atoms with Crippen molar-refractivity contribution in [1.29, 1.82) is 0 Å². The van der Waals surface area contributed by atoms with E-state index < -0.39 is 0 Å². The van der Waals surface area contributed by atoms with Gasteiger partial charge in [0.05, 0.1) is 5.69 Å². The molecule has 0 saturated carbocycles. The van der Waals surface area contributed by atoms with Crippen LogP contribution < -0.4 is 10.6 Å². The summed E-state index contributed by atoms with van der Waals surface area (Å²) in [6.45, 7) is 2.90. The average molecular weight is 276 g/mol. The van der Waals surface area contributed by atoms with Gasteiger partial charge in [0.15, 0.2) is 0 Å². The molecule has 0 radical (unpaired) electrons. The summed E-state index contributed by atoms with van der Waals surface area (Å²) in [5, 5.41) is 0. The summed E-state index contributed by atoms with van der Waals surface area (Å²) in [5.74, 6) is -0.653. The molecule has 4 heteroatoms. The molecule has 0 bridgehead atoms. The van der Waals surface area contributed by atoms with Gasteiger partial charge in [0.1, 0.15) is 11.6 Å². The van der Waals surface area contributed by atoms with Crippen LogP contribution in [-0.4, -0.2) is 13.1 Å². The van der Waals surface area contributed by atoms with Crippen molar-refractivity contribution in [2.75, 3.05) is 18.0 Å². The highest BCUT2D eigenvalue weighted by Crippen LogP contribution is 2.29. The van der Waals surface area contributed by atoms with Crippen LogP contribution in [-0.2, 0) is 6.42 Å². The molecule has 0 heterocycles. The minimum Gasteiger partial charge on any atom is -0.339 e. The first-order valence-corrected chi connectivity index (χ1v) is 6.67. The normalized spacial score (nSPS) is 10.6. The van der Waals surface area contributed by atoms with Gasteiger partial charge in [-0.3, -0.25) is 0 Å². The van der Waals surface area contributed by atoms with E-state index in [-0.39, 0.29) is 11.6 Å². The highest BCUT2D eigenvalue weighted by Gasteiger charge is 2.13. The molecule has 0 aliphatic rings. The highest BCUT2D eigenvalue weighted by atomic mass is 19.1.